The summed E-state index contributed by atoms with van der Waals surface area (Å²) in [7, 11) is 0. The van der Waals surface area contributed by atoms with Gasteiger partial charge in [0, 0.05) is 18.8 Å². The van der Waals surface area contributed by atoms with Crippen molar-refractivity contribution < 1.29 is 4.73 Å². The molecule has 0 radical (unpaired) electrons. The topological polar surface area (TPSA) is 69.1 Å². The van der Waals surface area contributed by atoms with Gasteiger partial charge in [-0.15, -0.1) is 0 Å². The van der Waals surface area contributed by atoms with Gasteiger partial charge in [-0.1, -0.05) is 4.98 Å². The molecule has 0 atom stereocenters. The summed E-state index contributed by atoms with van der Waals surface area (Å²) < 4.78 is 0.805. The molecular formula is C12H14N4O. The van der Waals surface area contributed by atoms with Crippen LogP contribution in [0.2, 0.25) is 0 Å². The lowest BCUT2D eigenvalue weighted by molar-refractivity contribution is -0.580. The SMILES string of the molecule is Nc1ccc(N2CCCC2)c2c1cnc[n+]2[O-]. The Kier molecular flexibility index (Phi) is 2.24. The standard InChI is InChI=1S/C12H14N4O/c13-10-3-4-11(15-5-1-2-6-15)12-9(10)7-14-8-16(12)17/h3-4,7-8H,1-2,5-6,13H2. The molecule has 5 nitrogen and oxygen atoms in total. The van der Waals surface area contributed by atoms with E-state index >= 15 is 0 Å². The van der Waals surface area contributed by atoms with E-state index in [1.54, 1.807) is 6.20 Å². The summed E-state index contributed by atoms with van der Waals surface area (Å²) in [6, 6.07) is 3.77. The lowest BCUT2D eigenvalue weighted by Crippen LogP contribution is -2.30. The Hall–Kier alpha value is -2.04. The largest absolute Gasteiger partial charge is 0.710 e. The van der Waals surface area contributed by atoms with Gasteiger partial charge in [-0.25, -0.2) is 4.73 Å². The van der Waals surface area contributed by atoms with E-state index in [4.69, 9.17) is 5.73 Å². The van der Waals surface area contributed by atoms with Crippen molar-refractivity contribution in [1.29, 1.82) is 0 Å². The summed E-state index contributed by atoms with van der Waals surface area (Å²) >= 11 is 0. The predicted octanol–water partition coefficient (Wildman–Crippen LogP) is 1.05. The van der Waals surface area contributed by atoms with E-state index < -0.39 is 0 Å². The van der Waals surface area contributed by atoms with Crippen LogP contribution in [0.3, 0.4) is 0 Å². The summed E-state index contributed by atoms with van der Waals surface area (Å²) in [6.07, 6.45) is 5.28. The van der Waals surface area contributed by atoms with Crippen LogP contribution < -0.4 is 15.4 Å². The Bertz CT molecular complexity index is 564. The third-order valence-corrected chi connectivity index (χ3v) is 3.27. The van der Waals surface area contributed by atoms with Gasteiger partial charge in [0.15, 0.2) is 11.7 Å². The molecule has 1 fully saturated rings. The Morgan fingerprint density at radius 1 is 1.29 bits per heavy atom. The van der Waals surface area contributed by atoms with Gasteiger partial charge in [-0.3, -0.25) is 0 Å². The fourth-order valence-electron chi connectivity index (χ4n) is 2.42. The molecule has 2 N–H and O–H groups in total. The fraction of sp³-hybridized carbons (Fsp3) is 0.333. The number of hydrogen-bond acceptors (Lipinski definition) is 4. The quantitative estimate of drug-likeness (QED) is 0.451. The third-order valence-electron chi connectivity index (χ3n) is 3.27. The molecule has 17 heavy (non-hydrogen) atoms. The second kappa shape index (κ2) is 3.76. The molecule has 3 rings (SSSR count). The van der Waals surface area contributed by atoms with Gasteiger partial charge in [0.05, 0.1) is 11.1 Å². The van der Waals surface area contributed by atoms with E-state index in [0.717, 1.165) is 28.9 Å². The summed E-state index contributed by atoms with van der Waals surface area (Å²) in [5, 5.41) is 12.6. The number of nitrogen functional groups attached to an aromatic ring is 1. The molecule has 0 unspecified atom stereocenters. The lowest BCUT2D eigenvalue weighted by atomic mass is 10.1. The highest BCUT2D eigenvalue weighted by Gasteiger charge is 2.19. The Balaban J connectivity index is 2.27. The molecule has 1 aliphatic rings. The van der Waals surface area contributed by atoms with Crippen LogP contribution in [0.1, 0.15) is 12.8 Å². The zero-order valence-corrected chi connectivity index (χ0v) is 9.47. The average molecular weight is 230 g/mol. The molecule has 0 bridgehead atoms. The van der Waals surface area contributed by atoms with Crippen LogP contribution in [0, 0.1) is 5.21 Å². The van der Waals surface area contributed by atoms with Crippen LogP contribution >= 0.6 is 0 Å². The molecule has 0 spiro atoms. The van der Waals surface area contributed by atoms with Crippen LogP contribution in [0.4, 0.5) is 11.4 Å². The summed E-state index contributed by atoms with van der Waals surface area (Å²) in [5.74, 6) is 0. The molecule has 2 heterocycles. The molecule has 1 aliphatic heterocycles. The lowest BCUT2D eigenvalue weighted by Gasteiger charge is -2.20. The predicted molar refractivity (Wildman–Crippen MR) is 66.6 cm³/mol. The van der Waals surface area contributed by atoms with Crippen molar-refractivity contribution in [3.05, 3.63) is 29.9 Å². The van der Waals surface area contributed by atoms with Crippen molar-refractivity contribution in [3.63, 3.8) is 0 Å². The van der Waals surface area contributed by atoms with Gasteiger partial charge in [0.25, 0.3) is 6.33 Å². The minimum atomic E-state index is 0.598. The number of hydrogen-bond donors (Lipinski definition) is 1. The zero-order chi connectivity index (χ0) is 11.8. The monoisotopic (exact) mass is 230 g/mol. The Morgan fingerprint density at radius 3 is 2.82 bits per heavy atom. The van der Waals surface area contributed by atoms with Crippen molar-refractivity contribution in [1.82, 2.24) is 4.98 Å². The Labute approximate surface area is 99.1 Å². The summed E-state index contributed by atoms with van der Waals surface area (Å²) in [4.78, 5) is 6.13. The van der Waals surface area contributed by atoms with Crippen LogP contribution in [0.25, 0.3) is 10.9 Å². The van der Waals surface area contributed by atoms with Crippen molar-refractivity contribution >= 4 is 22.3 Å². The molecule has 0 amide bonds. The highest BCUT2D eigenvalue weighted by atomic mass is 16.5. The molecular weight excluding hydrogens is 216 g/mol. The number of nitrogens with zero attached hydrogens (tertiary/aromatic N) is 3. The van der Waals surface area contributed by atoms with Crippen LogP contribution in [-0.4, -0.2) is 18.1 Å². The summed E-state index contributed by atoms with van der Waals surface area (Å²) in [6.45, 7) is 2.00. The molecule has 1 aromatic heterocycles. The normalized spacial score (nSPS) is 15.6. The molecule has 0 aliphatic carbocycles. The van der Waals surface area contributed by atoms with Gasteiger partial charge in [-0.05, 0) is 25.0 Å². The molecule has 1 aromatic carbocycles. The number of aromatic nitrogens is 2. The molecule has 0 saturated carbocycles. The molecule has 5 heteroatoms. The van der Waals surface area contributed by atoms with Crippen molar-refractivity contribution in [2.45, 2.75) is 12.8 Å². The maximum Gasteiger partial charge on any atom is 0.289 e. The van der Waals surface area contributed by atoms with Gasteiger partial charge in [0.2, 0.25) is 0 Å². The Morgan fingerprint density at radius 2 is 2.06 bits per heavy atom. The number of benzene rings is 1. The minimum Gasteiger partial charge on any atom is -0.710 e. The maximum absolute atomic E-state index is 11.9. The van der Waals surface area contributed by atoms with Gasteiger partial charge in [0.1, 0.15) is 0 Å². The first kappa shape index (κ1) is 10.1. The van der Waals surface area contributed by atoms with E-state index in [9.17, 15) is 5.21 Å². The second-order valence-electron chi connectivity index (χ2n) is 4.35. The van der Waals surface area contributed by atoms with Gasteiger partial charge in [-0.2, -0.15) is 0 Å². The number of anilines is 2. The van der Waals surface area contributed by atoms with Gasteiger partial charge < -0.3 is 15.8 Å². The first-order valence-corrected chi connectivity index (χ1v) is 5.77. The number of rotatable bonds is 1. The van der Waals surface area contributed by atoms with Crippen molar-refractivity contribution in [3.8, 4) is 0 Å². The second-order valence-corrected chi connectivity index (χ2v) is 4.35. The zero-order valence-electron chi connectivity index (χ0n) is 9.47. The van der Waals surface area contributed by atoms with Gasteiger partial charge >= 0.3 is 0 Å². The van der Waals surface area contributed by atoms with E-state index in [2.05, 4.69) is 9.88 Å². The average Bonchev–Trinajstić information content (AvgIpc) is 2.84. The van der Waals surface area contributed by atoms with Crippen molar-refractivity contribution in [2.24, 2.45) is 0 Å². The minimum absolute atomic E-state index is 0.598. The number of fused-ring (bicyclic) bond motifs is 1. The molecule has 88 valence electrons. The van der Waals surface area contributed by atoms with Crippen molar-refractivity contribution in [2.75, 3.05) is 23.7 Å². The maximum atomic E-state index is 11.9. The first-order chi connectivity index (χ1) is 8.27. The van der Waals surface area contributed by atoms with E-state index in [1.807, 2.05) is 12.1 Å². The highest BCUT2D eigenvalue weighted by Crippen LogP contribution is 2.29. The molecule has 2 aromatic rings. The fourth-order valence-corrected chi connectivity index (χ4v) is 2.42. The van der Waals surface area contributed by atoms with Crippen LogP contribution in [-0.2, 0) is 0 Å². The smallest absolute Gasteiger partial charge is 0.289 e. The first-order valence-electron chi connectivity index (χ1n) is 5.77. The van der Waals surface area contributed by atoms with E-state index in [0.29, 0.717) is 11.2 Å². The third kappa shape index (κ3) is 1.54. The highest BCUT2D eigenvalue weighted by molar-refractivity contribution is 5.96. The van der Waals surface area contributed by atoms with Crippen LogP contribution in [0.15, 0.2) is 24.7 Å². The number of nitrogens with two attached hydrogens (primary N) is 1. The molecule has 1 saturated heterocycles. The van der Waals surface area contributed by atoms with E-state index in [-0.39, 0.29) is 0 Å². The van der Waals surface area contributed by atoms with E-state index in [1.165, 1.54) is 19.2 Å². The van der Waals surface area contributed by atoms with Crippen LogP contribution in [0.5, 0.6) is 0 Å². The summed E-state index contributed by atoms with van der Waals surface area (Å²) in [5.41, 5.74) is 8.07.